The number of allylic oxidation sites excluding steroid dienone is 4. The van der Waals surface area contributed by atoms with Crippen LogP contribution in [0.5, 0.6) is 0 Å². The Balaban J connectivity index is 1.67. The molecule has 0 radical (unpaired) electrons. The highest BCUT2D eigenvalue weighted by Crippen LogP contribution is 2.28. The molecule has 1 aromatic rings. The smallest absolute Gasteiger partial charge is 0.199 e. The molecule has 0 bridgehead atoms. The zero-order chi connectivity index (χ0) is 18.6. The molecule has 140 valence electrons. The first-order valence-electron chi connectivity index (χ1n) is 9.84. The Morgan fingerprint density at radius 3 is 2.50 bits per heavy atom. The van der Waals surface area contributed by atoms with Crippen molar-refractivity contribution < 1.29 is 9.13 Å². The molecular formula is C23H30FNO. The number of aryl methyl sites for hydroxylation is 1. The van der Waals surface area contributed by atoms with E-state index >= 15 is 0 Å². The largest absolute Gasteiger partial charge is 0.374 e. The van der Waals surface area contributed by atoms with Crippen LogP contribution in [0.3, 0.4) is 0 Å². The number of unbranched alkanes of at least 4 members (excludes halogenated alkanes) is 2. The maximum absolute atomic E-state index is 12.7. The summed E-state index contributed by atoms with van der Waals surface area (Å²) in [5.74, 6) is -0.283. The zero-order valence-corrected chi connectivity index (χ0v) is 15.8. The minimum atomic E-state index is -0.741. The first-order valence-corrected chi connectivity index (χ1v) is 9.84. The second kappa shape index (κ2) is 11.6. The highest BCUT2D eigenvalue weighted by molar-refractivity contribution is 5.22. The third-order valence-corrected chi connectivity index (χ3v) is 5.03. The average molecular weight is 355 g/mol. The number of hydrogen-bond acceptors (Lipinski definition) is 2. The van der Waals surface area contributed by atoms with Gasteiger partial charge in [-0.3, -0.25) is 0 Å². The van der Waals surface area contributed by atoms with Crippen molar-refractivity contribution in [2.45, 2.75) is 71.0 Å². The Morgan fingerprint density at radius 1 is 1.15 bits per heavy atom. The molecule has 1 aliphatic rings. The molecule has 0 amide bonds. The normalized spacial score (nSPS) is 21.0. The van der Waals surface area contributed by atoms with Crippen molar-refractivity contribution in [2.24, 2.45) is 5.92 Å². The van der Waals surface area contributed by atoms with Gasteiger partial charge < -0.3 is 4.74 Å². The van der Waals surface area contributed by atoms with Crippen molar-refractivity contribution in [2.75, 3.05) is 0 Å². The van der Waals surface area contributed by atoms with E-state index in [1.807, 2.05) is 6.08 Å². The predicted octanol–water partition coefficient (Wildman–Crippen LogP) is 6.43. The van der Waals surface area contributed by atoms with Gasteiger partial charge in [-0.2, -0.15) is 9.65 Å². The van der Waals surface area contributed by atoms with Crippen LogP contribution in [-0.4, -0.2) is 6.10 Å². The van der Waals surface area contributed by atoms with Crippen molar-refractivity contribution in [1.82, 2.24) is 0 Å². The molecule has 0 spiro atoms. The quantitative estimate of drug-likeness (QED) is 0.290. The van der Waals surface area contributed by atoms with Gasteiger partial charge in [0, 0.05) is 0 Å². The molecule has 1 saturated carbocycles. The fourth-order valence-electron chi connectivity index (χ4n) is 3.38. The molecule has 0 saturated heterocycles. The number of rotatable bonds is 9. The Bertz CT molecular complexity index is 619. The van der Waals surface area contributed by atoms with Crippen molar-refractivity contribution in [3.05, 3.63) is 59.4 Å². The summed E-state index contributed by atoms with van der Waals surface area (Å²) in [6, 6.07) is 10.3. The number of benzene rings is 1. The van der Waals surface area contributed by atoms with Gasteiger partial charge in [-0.05, 0) is 61.6 Å². The fraction of sp³-hybridized carbons (Fsp3) is 0.522. The Kier molecular flexibility index (Phi) is 9.14. The lowest BCUT2D eigenvalue weighted by Crippen LogP contribution is -2.20. The third kappa shape index (κ3) is 7.54. The summed E-state index contributed by atoms with van der Waals surface area (Å²) in [7, 11) is 0. The van der Waals surface area contributed by atoms with Crippen LogP contribution in [0.1, 0.15) is 63.0 Å². The first kappa shape index (κ1) is 20.4. The molecule has 1 aromatic carbocycles. The van der Waals surface area contributed by atoms with Gasteiger partial charge in [-0.1, -0.05) is 56.2 Å². The average Bonchev–Trinajstić information content (AvgIpc) is 2.68. The standard InChI is InChI=1S/C23H30FNO/c1-2-3-4-6-19-9-11-21(12-10-19)18-26-23-15-13-20(14-16-23)7-5-8-22(24)17-25/h5,7-12,20,23H,2-4,6,13-16,18H2,1H3/b7-5+,22-8-. The molecule has 0 aromatic heterocycles. The van der Waals surface area contributed by atoms with E-state index in [1.54, 1.807) is 6.08 Å². The lowest BCUT2D eigenvalue weighted by atomic mass is 9.87. The molecule has 0 heterocycles. The topological polar surface area (TPSA) is 33.0 Å². The van der Waals surface area contributed by atoms with Gasteiger partial charge in [-0.15, -0.1) is 0 Å². The summed E-state index contributed by atoms with van der Waals surface area (Å²) in [6.07, 6.45) is 14.4. The van der Waals surface area contributed by atoms with E-state index in [2.05, 4.69) is 31.2 Å². The Labute approximate surface area is 157 Å². The van der Waals surface area contributed by atoms with E-state index in [4.69, 9.17) is 10.00 Å². The molecule has 2 nitrogen and oxygen atoms in total. The van der Waals surface area contributed by atoms with Crippen molar-refractivity contribution >= 4 is 0 Å². The number of ether oxygens (including phenoxy) is 1. The van der Waals surface area contributed by atoms with Crippen LogP contribution in [0.2, 0.25) is 0 Å². The number of nitrogens with zero attached hydrogens (tertiary/aromatic N) is 1. The van der Waals surface area contributed by atoms with Gasteiger partial charge in [0.1, 0.15) is 6.07 Å². The van der Waals surface area contributed by atoms with Crippen LogP contribution in [-0.2, 0) is 17.8 Å². The van der Waals surface area contributed by atoms with Gasteiger partial charge >= 0.3 is 0 Å². The summed E-state index contributed by atoms with van der Waals surface area (Å²) in [6.45, 7) is 2.91. The molecule has 1 aliphatic carbocycles. The first-order chi connectivity index (χ1) is 12.7. The molecule has 1 fully saturated rings. The van der Waals surface area contributed by atoms with Crippen molar-refractivity contribution in [3.63, 3.8) is 0 Å². The monoisotopic (exact) mass is 355 g/mol. The SMILES string of the molecule is CCCCCc1ccc(COC2CCC(/C=C/C=C(\F)C#N)CC2)cc1. The molecule has 0 atom stereocenters. The van der Waals surface area contributed by atoms with Crippen LogP contribution in [0.4, 0.5) is 4.39 Å². The molecule has 26 heavy (non-hydrogen) atoms. The predicted molar refractivity (Wildman–Crippen MR) is 104 cm³/mol. The molecule has 0 aliphatic heterocycles. The molecule has 2 rings (SSSR count). The summed E-state index contributed by atoms with van der Waals surface area (Å²) in [5, 5.41) is 8.38. The summed E-state index contributed by atoms with van der Waals surface area (Å²) >= 11 is 0. The summed E-state index contributed by atoms with van der Waals surface area (Å²) < 4.78 is 18.8. The van der Waals surface area contributed by atoms with Crippen LogP contribution < -0.4 is 0 Å². The van der Waals surface area contributed by atoms with E-state index in [-0.39, 0.29) is 0 Å². The second-order valence-electron chi connectivity index (χ2n) is 7.13. The van der Waals surface area contributed by atoms with E-state index in [0.717, 1.165) is 25.7 Å². The van der Waals surface area contributed by atoms with Gasteiger partial charge in [-0.25, -0.2) is 0 Å². The van der Waals surface area contributed by atoms with Crippen LogP contribution in [0.15, 0.2) is 48.3 Å². The molecular weight excluding hydrogens is 325 g/mol. The third-order valence-electron chi connectivity index (χ3n) is 5.03. The van der Waals surface area contributed by atoms with Crippen molar-refractivity contribution in [1.29, 1.82) is 5.26 Å². The number of nitriles is 1. The number of hydrogen-bond donors (Lipinski definition) is 0. The maximum atomic E-state index is 12.7. The van der Waals surface area contributed by atoms with Crippen LogP contribution >= 0.6 is 0 Å². The van der Waals surface area contributed by atoms with Crippen molar-refractivity contribution in [3.8, 4) is 6.07 Å². The minimum Gasteiger partial charge on any atom is -0.374 e. The summed E-state index contributed by atoms with van der Waals surface area (Å²) in [4.78, 5) is 0. The lowest BCUT2D eigenvalue weighted by Gasteiger charge is -2.26. The Morgan fingerprint density at radius 2 is 1.85 bits per heavy atom. The summed E-state index contributed by atoms with van der Waals surface area (Å²) in [5.41, 5.74) is 2.65. The fourth-order valence-corrected chi connectivity index (χ4v) is 3.38. The maximum Gasteiger partial charge on any atom is 0.199 e. The lowest BCUT2D eigenvalue weighted by molar-refractivity contribution is 0.0110. The van der Waals surface area contributed by atoms with E-state index < -0.39 is 5.83 Å². The van der Waals surface area contributed by atoms with E-state index in [0.29, 0.717) is 18.6 Å². The Hall–Kier alpha value is -1.92. The van der Waals surface area contributed by atoms with Gasteiger partial charge in [0.15, 0.2) is 5.83 Å². The van der Waals surface area contributed by atoms with E-state index in [1.165, 1.54) is 49.0 Å². The van der Waals surface area contributed by atoms with Gasteiger partial charge in [0.25, 0.3) is 0 Å². The number of halogens is 1. The zero-order valence-electron chi connectivity index (χ0n) is 15.8. The minimum absolute atomic E-state index is 0.315. The molecule has 3 heteroatoms. The molecule has 0 N–H and O–H groups in total. The second-order valence-corrected chi connectivity index (χ2v) is 7.13. The van der Waals surface area contributed by atoms with Gasteiger partial charge in [0.2, 0.25) is 0 Å². The van der Waals surface area contributed by atoms with Gasteiger partial charge in [0.05, 0.1) is 12.7 Å². The highest BCUT2D eigenvalue weighted by atomic mass is 19.1. The van der Waals surface area contributed by atoms with Crippen LogP contribution in [0, 0.1) is 17.2 Å². The van der Waals surface area contributed by atoms with Crippen LogP contribution in [0.25, 0.3) is 0 Å². The van der Waals surface area contributed by atoms with E-state index in [9.17, 15) is 4.39 Å². The highest BCUT2D eigenvalue weighted by Gasteiger charge is 2.19. The molecule has 0 unspecified atom stereocenters.